The standard InChI is InChI=1S/C11H14N2O2/c12-10(14)7-6-9(11(13)15)8-4-2-1-3-5-8/h1-5,9H,6-7H2,(H2,12,14)(H2,13,15). The van der Waals surface area contributed by atoms with Gasteiger partial charge in [-0.2, -0.15) is 0 Å². The maximum absolute atomic E-state index is 11.2. The molecule has 4 heteroatoms. The summed E-state index contributed by atoms with van der Waals surface area (Å²) in [7, 11) is 0. The number of hydrogen-bond donors (Lipinski definition) is 2. The SMILES string of the molecule is NC(=O)CCC(C(N)=O)c1ccccc1. The normalized spacial score (nSPS) is 12.0. The van der Waals surface area contributed by atoms with E-state index in [2.05, 4.69) is 0 Å². The Balaban J connectivity index is 2.75. The van der Waals surface area contributed by atoms with Crippen molar-refractivity contribution in [2.45, 2.75) is 18.8 Å². The number of rotatable bonds is 5. The summed E-state index contributed by atoms with van der Waals surface area (Å²) in [5.74, 6) is -1.28. The molecule has 0 saturated heterocycles. The van der Waals surface area contributed by atoms with E-state index in [1.807, 2.05) is 30.3 Å². The van der Waals surface area contributed by atoms with Gasteiger partial charge in [0.2, 0.25) is 11.8 Å². The van der Waals surface area contributed by atoms with E-state index in [0.717, 1.165) is 5.56 Å². The first kappa shape index (κ1) is 11.2. The largest absolute Gasteiger partial charge is 0.370 e. The predicted molar refractivity (Wildman–Crippen MR) is 56.8 cm³/mol. The van der Waals surface area contributed by atoms with Crippen LogP contribution in [0.15, 0.2) is 30.3 Å². The summed E-state index contributed by atoms with van der Waals surface area (Å²) < 4.78 is 0. The van der Waals surface area contributed by atoms with Crippen molar-refractivity contribution in [3.8, 4) is 0 Å². The highest BCUT2D eigenvalue weighted by Gasteiger charge is 2.17. The third kappa shape index (κ3) is 3.42. The van der Waals surface area contributed by atoms with Gasteiger partial charge in [0.15, 0.2) is 0 Å². The molecule has 15 heavy (non-hydrogen) atoms. The molecule has 0 aliphatic carbocycles. The molecule has 4 N–H and O–H groups in total. The van der Waals surface area contributed by atoms with Crippen LogP contribution in [0.4, 0.5) is 0 Å². The molecular formula is C11H14N2O2. The first-order valence-electron chi connectivity index (χ1n) is 4.74. The third-order valence-electron chi connectivity index (χ3n) is 2.22. The minimum Gasteiger partial charge on any atom is -0.370 e. The maximum atomic E-state index is 11.2. The van der Waals surface area contributed by atoms with Crippen LogP contribution in [0.3, 0.4) is 0 Å². The molecule has 0 aliphatic rings. The third-order valence-corrected chi connectivity index (χ3v) is 2.22. The fourth-order valence-corrected chi connectivity index (χ4v) is 1.45. The monoisotopic (exact) mass is 206 g/mol. The number of carbonyl (C=O) groups is 2. The molecule has 1 aromatic carbocycles. The molecule has 1 aromatic rings. The highest BCUT2D eigenvalue weighted by atomic mass is 16.1. The van der Waals surface area contributed by atoms with Gasteiger partial charge in [-0.1, -0.05) is 30.3 Å². The van der Waals surface area contributed by atoms with E-state index < -0.39 is 17.7 Å². The molecule has 0 saturated carbocycles. The Labute approximate surface area is 88.3 Å². The quantitative estimate of drug-likeness (QED) is 0.735. The number of primary amides is 2. The smallest absolute Gasteiger partial charge is 0.224 e. The molecule has 0 bridgehead atoms. The van der Waals surface area contributed by atoms with E-state index in [0.29, 0.717) is 6.42 Å². The van der Waals surface area contributed by atoms with Crippen LogP contribution in [0.5, 0.6) is 0 Å². The first-order chi connectivity index (χ1) is 7.11. The van der Waals surface area contributed by atoms with E-state index in [9.17, 15) is 9.59 Å². The first-order valence-corrected chi connectivity index (χ1v) is 4.74. The Morgan fingerprint density at radius 2 is 1.73 bits per heavy atom. The van der Waals surface area contributed by atoms with Crippen LogP contribution in [-0.2, 0) is 9.59 Å². The van der Waals surface area contributed by atoms with Gasteiger partial charge in [-0.25, -0.2) is 0 Å². The van der Waals surface area contributed by atoms with E-state index in [4.69, 9.17) is 11.5 Å². The minimum absolute atomic E-state index is 0.169. The zero-order valence-electron chi connectivity index (χ0n) is 8.35. The van der Waals surface area contributed by atoms with Crippen molar-refractivity contribution in [1.29, 1.82) is 0 Å². The number of benzene rings is 1. The van der Waals surface area contributed by atoms with E-state index >= 15 is 0 Å². The van der Waals surface area contributed by atoms with Crippen molar-refractivity contribution in [1.82, 2.24) is 0 Å². The second-order valence-electron chi connectivity index (χ2n) is 3.37. The second kappa shape index (κ2) is 5.14. The lowest BCUT2D eigenvalue weighted by atomic mass is 9.93. The summed E-state index contributed by atoms with van der Waals surface area (Å²) in [5.41, 5.74) is 11.1. The Morgan fingerprint density at radius 1 is 1.13 bits per heavy atom. The van der Waals surface area contributed by atoms with Crippen LogP contribution in [0.25, 0.3) is 0 Å². The molecule has 0 aliphatic heterocycles. The van der Waals surface area contributed by atoms with Crippen LogP contribution >= 0.6 is 0 Å². The van der Waals surface area contributed by atoms with Crippen LogP contribution in [0.1, 0.15) is 24.3 Å². The summed E-state index contributed by atoms with van der Waals surface area (Å²) in [6.45, 7) is 0. The molecule has 1 atom stereocenters. The van der Waals surface area contributed by atoms with Crippen molar-refractivity contribution in [2.75, 3.05) is 0 Å². The van der Waals surface area contributed by atoms with Gasteiger partial charge in [-0.15, -0.1) is 0 Å². The lowest BCUT2D eigenvalue weighted by Gasteiger charge is -2.12. The van der Waals surface area contributed by atoms with E-state index in [1.54, 1.807) is 0 Å². The summed E-state index contributed by atoms with van der Waals surface area (Å²) in [5, 5.41) is 0. The fourth-order valence-electron chi connectivity index (χ4n) is 1.45. The number of amides is 2. The fraction of sp³-hybridized carbons (Fsp3) is 0.273. The molecule has 2 amide bonds. The van der Waals surface area contributed by atoms with Gasteiger partial charge in [-0.05, 0) is 12.0 Å². The zero-order chi connectivity index (χ0) is 11.3. The molecular weight excluding hydrogens is 192 g/mol. The van der Waals surface area contributed by atoms with Crippen molar-refractivity contribution < 1.29 is 9.59 Å². The van der Waals surface area contributed by atoms with Crippen LogP contribution in [0, 0.1) is 0 Å². The average molecular weight is 206 g/mol. The molecule has 0 aromatic heterocycles. The number of carbonyl (C=O) groups excluding carboxylic acids is 2. The zero-order valence-corrected chi connectivity index (χ0v) is 8.35. The van der Waals surface area contributed by atoms with Crippen molar-refractivity contribution in [3.05, 3.63) is 35.9 Å². The molecule has 0 heterocycles. The summed E-state index contributed by atoms with van der Waals surface area (Å²) in [4.78, 5) is 21.8. The second-order valence-corrected chi connectivity index (χ2v) is 3.37. The minimum atomic E-state index is -0.432. The molecule has 1 rings (SSSR count). The van der Waals surface area contributed by atoms with Gasteiger partial charge in [0.1, 0.15) is 0 Å². The highest BCUT2D eigenvalue weighted by Crippen LogP contribution is 2.20. The van der Waals surface area contributed by atoms with E-state index in [-0.39, 0.29) is 6.42 Å². The Morgan fingerprint density at radius 3 is 2.20 bits per heavy atom. The Kier molecular flexibility index (Phi) is 3.85. The van der Waals surface area contributed by atoms with Crippen LogP contribution in [0.2, 0.25) is 0 Å². The molecule has 0 radical (unpaired) electrons. The van der Waals surface area contributed by atoms with Gasteiger partial charge < -0.3 is 11.5 Å². The van der Waals surface area contributed by atoms with Gasteiger partial charge in [0.25, 0.3) is 0 Å². The maximum Gasteiger partial charge on any atom is 0.224 e. The molecule has 80 valence electrons. The summed E-state index contributed by atoms with van der Waals surface area (Å²) >= 11 is 0. The topological polar surface area (TPSA) is 86.2 Å². The molecule has 4 nitrogen and oxygen atoms in total. The van der Waals surface area contributed by atoms with Gasteiger partial charge in [0, 0.05) is 6.42 Å². The van der Waals surface area contributed by atoms with Crippen LogP contribution in [-0.4, -0.2) is 11.8 Å². The average Bonchev–Trinajstić information content (AvgIpc) is 2.18. The van der Waals surface area contributed by atoms with E-state index in [1.165, 1.54) is 0 Å². The summed E-state index contributed by atoms with van der Waals surface area (Å²) in [6, 6.07) is 9.15. The summed E-state index contributed by atoms with van der Waals surface area (Å²) in [6.07, 6.45) is 0.539. The lowest BCUT2D eigenvalue weighted by Crippen LogP contribution is -2.23. The number of nitrogens with two attached hydrogens (primary N) is 2. The van der Waals surface area contributed by atoms with Crippen LogP contribution < -0.4 is 11.5 Å². The Hall–Kier alpha value is -1.84. The molecule has 1 unspecified atom stereocenters. The molecule has 0 fully saturated rings. The highest BCUT2D eigenvalue weighted by molar-refractivity contribution is 5.83. The Bertz CT molecular complexity index is 349. The number of hydrogen-bond acceptors (Lipinski definition) is 2. The van der Waals surface area contributed by atoms with Gasteiger partial charge in [0.05, 0.1) is 5.92 Å². The van der Waals surface area contributed by atoms with Crippen molar-refractivity contribution >= 4 is 11.8 Å². The predicted octanol–water partition coefficient (Wildman–Crippen LogP) is 0.521. The lowest BCUT2D eigenvalue weighted by molar-refractivity contribution is -0.120. The van der Waals surface area contributed by atoms with Gasteiger partial charge >= 0.3 is 0 Å². The molecule has 0 spiro atoms. The van der Waals surface area contributed by atoms with Gasteiger partial charge in [-0.3, -0.25) is 9.59 Å². The van der Waals surface area contributed by atoms with Crippen molar-refractivity contribution in [3.63, 3.8) is 0 Å². The van der Waals surface area contributed by atoms with Crippen molar-refractivity contribution in [2.24, 2.45) is 11.5 Å².